The van der Waals surface area contributed by atoms with E-state index < -0.39 is 62.0 Å². The number of halogens is 4. The van der Waals surface area contributed by atoms with Gasteiger partial charge in [-0.25, -0.2) is 41.7 Å². The Hall–Kier alpha value is -7.62. The summed E-state index contributed by atoms with van der Waals surface area (Å²) in [5, 5.41) is 8.73. The van der Waals surface area contributed by atoms with Crippen LogP contribution in [0.4, 0.5) is 17.6 Å². The molecule has 24 nitrogen and oxygen atoms in total. The van der Waals surface area contributed by atoms with E-state index in [9.17, 15) is 46.1 Å². The quantitative estimate of drug-likeness (QED) is 0.0190. The molecule has 6 heterocycles. The molecule has 1 aliphatic carbocycles. The second kappa shape index (κ2) is 26.7. The molecular weight excluding hydrogens is 1140 g/mol. The van der Waals surface area contributed by atoms with Crippen LogP contribution in [0.3, 0.4) is 0 Å². The molecule has 9 rings (SSSR count). The number of nitrogens with zero attached hydrogens (tertiary/aromatic N) is 12. The van der Waals surface area contributed by atoms with E-state index in [0.717, 1.165) is 50.5 Å². The Morgan fingerprint density at radius 3 is 1.56 bits per heavy atom. The van der Waals surface area contributed by atoms with Crippen LogP contribution >= 0.6 is 7.82 Å². The fourth-order valence-corrected chi connectivity index (χ4v) is 10.3. The Morgan fingerprint density at radius 2 is 1.14 bits per heavy atom. The fraction of sp³-hybridized carbons (Fsp3) is 0.482. The van der Waals surface area contributed by atoms with Crippen molar-refractivity contribution in [3.8, 4) is 22.8 Å². The first kappa shape index (κ1) is 63.4. The molecule has 0 spiro atoms. The topological polar surface area (TPSA) is 271 Å². The number of phosphoric acid groups is 1. The number of esters is 1. The zero-order valence-corrected chi connectivity index (χ0v) is 49.1. The molecule has 8 aromatic rings. The van der Waals surface area contributed by atoms with Crippen molar-refractivity contribution in [3.63, 3.8) is 0 Å². The molecule has 1 fully saturated rings. The highest BCUT2D eigenvalue weighted by atomic mass is 31.2. The van der Waals surface area contributed by atoms with Crippen LogP contribution in [0, 0.1) is 5.92 Å². The van der Waals surface area contributed by atoms with Crippen LogP contribution in [-0.2, 0) is 92.7 Å². The van der Waals surface area contributed by atoms with Gasteiger partial charge in [-0.2, -0.15) is 10.2 Å². The Morgan fingerprint density at radius 1 is 0.682 bits per heavy atom. The number of fused-ring (bicyclic) bond motifs is 2. The summed E-state index contributed by atoms with van der Waals surface area (Å²) < 4.78 is 98.8. The Bertz CT molecular complexity index is 3970. The van der Waals surface area contributed by atoms with Gasteiger partial charge in [0.2, 0.25) is 6.29 Å². The van der Waals surface area contributed by atoms with Crippen LogP contribution < -0.4 is 22.5 Å². The minimum absolute atomic E-state index is 0.0479. The number of ether oxygens (including phenoxy) is 3. The van der Waals surface area contributed by atoms with Gasteiger partial charge in [-0.05, 0) is 69.7 Å². The average molecular weight is 1210 g/mol. The van der Waals surface area contributed by atoms with E-state index in [1.165, 1.54) is 59.5 Å². The number of carbonyl (C=O) groups is 1. The van der Waals surface area contributed by atoms with Gasteiger partial charge in [0.05, 0.1) is 42.5 Å². The molecule has 1 aliphatic rings. The summed E-state index contributed by atoms with van der Waals surface area (Å²) in [5.41, 5.74) is 0.400. The number of aromatic nitrogens is 12. The van der Waals surface area contributed by atoms with Gasteiger partial charge in [0.25, 0.3) is 23.0 Å². The van der Waals surface area contributed by atoms with Crippen LogP contribution in [0.1, 0.15) is 116 Å². The van der Waals surface area contributed by atoms with Crippen molar-refractivity contribution in [2.24, 2.45) is 5.92 Å². The zero-order valence-electron chi connectivity index (χ0n) is 48.2. The van der Waals surface area contributed by atoms with Gasteiger partial charge >= 0.3 is 25.2 Å². The van der Waals surface area contributed by atoms with E-state index in [4.69, 9.17) is 29.0 Å². The minimum atomic E-state index is -4.80. The number of benzene rings is 2. The van der Waals surface area contributed by atoms with E-state index in [1.54, 1.807) is 66.8 Å². The van der Waals surface area contributed by atoms with Crippen LogP contribution in [0.2, 0.25) is 0 Å². The van der Waals surface area contributed by atoms with Crippen molar-refractivity contribution in [2.45, 2.75) is 164 Å². The van der Waals surface area contributed by atoms with Gasteiger partial charge < -0.3 is 24.0 Å². The molecule has 0 bridgehead atoms. The summed E-state index contributed by atoms with van der Waals surface area (Å²) in [6.07, 6.45) is 11.2. The van der Waals surface area contributed by atoms with Crippen LogP contribution in [0.25, 0.3) is 45.1 Å². The minimum Gasteiger partial charge on any atom is -0.436 e. The lowest BCUT2D eigenvalue weighted by molar-refractivity contribution is -0.186. The second-order valence-corrected chi connectivity index (χ2v) is 22.0. The molecule has 1 unspecified atom stereocenters. The molecule has 0 aliphatic heterocycles. The molecule has 458 valence electrons. The maximum atomic E-state index is 13.9. The van der Waals surface area contributed by atoms with E-state index in [0.29, 0.717) is 40.9 Å². The van der Waals surface area contributed by atoms with Gasteiger partial charge in [-0.1, -0.05) is 69.5 Å². The third-order valence-electron chi connectivity index (χ3n) is 14.3. The molecule has 0 radical (unpaired) electrons. The second-order valence-electron chi connectivity index (χ2n) is 20.8. The number of rotatable bonds is 24. The molecule has 2 aromatic carbocycles. The SMILES string of the molecule is CCCn1c(=O)c2c(nc(-c3cnn(Cc4cccc(C(C)(F)F)c4)c3)n2COC(C)OC(=O)C2CCCCC2)n(CC)c1=O.CCCn1c(=O)c2c(nc(-c3cnn(Cc4cccc(C(C)(F)F)c4)c3)n2COCOP(=O)(O)O)n(CC)c1=O. The first-order valence-corrected chi connectivity index (χ1v) is 29.5. The fourth-order valence-electron chi connectivity index (χ4n) is 10.1. The van der Waals surface area contributed by atoms with E-state index in [2.05, 4.69) is 19.7 Å². The number of hydrogen-bond acceptors (Lipinski definition) is 14. The van der Waals surface area contributed by atoms with Crippen LogP contribution in [0.5, 0.6) is 0 Å². The molecular formula is C56H69F4N12O12P. The Balaban J connectivity index is 0.000000223. The maximum absolute atomic E-state index is 13.9. The third-order valence-corrected chi connectivity index (χ3v) is 14.7. The molecule has 6 aromatic heterocycles. The third kappa shape index (κ3) is 14.7. The molecule has 1 atom stereocenters. The smallest absolute Gasteiger partial charge is 0.436 e. The van der Waals surface area contributed by atoms with Gasteiger partial charge in [-0.3, -0.25) is 55.7 Å². The summed E-state index contributed by atoms with van der Waals surface area (Å²) in [6.45, 7) is 10.5. The molecule has 1 saturated carbocycles. The standard InChI is InChI=1S/C32H40F2N6O5.C24H29F2N6O7P/c1-5-15-39-29(41)26-28(38(6-2)31(39)43)36-27(40(26)20-44-21(3)45-30(42)23-12-8-7-9-13-23)24-17-35-37(19-24)18-22-11-10-14-25(16-22)32(4,33)34;1-4-9-31-22(33)19-21(30(5-2)23(31)34)28-20(32(19)14-38-15-39-40(35,36)37)17-11-27-29(13-17)12-16-7-6-8-18(10-16)24(3,25)26/h10-11,14,16-17,19,21,23H,5-9,12-13,15,18,20H2,1-4H3;6-8,10-11,13H,4-5,9,12,14-15H2,1-3H3,(H2,35,36,37). The molecule has 29 heteroatoms. The summed E-state index contributed by atoms with van der Waals surface area (Å²) in [7, 11) is -4.80. The van der Waals surface area contributed by atoms with E-state index in [1.807, 2.05) is 13.8 Å². The molecule has 0 amide bonds. The van der Waals surface area contributed by atoms with Crippen molar-refractivity contribution in [2.75, 3.05) is 6.79 Å². The lowest BCUT2D eigenvalue weighted by Gasteiger charge is -2.22. The Labute approximate surface area is 484 Å². The van der Waals surface area contributed by atoms with Crippen molar-refractivity contribution in [1.82, 2.24) is 56.9 Å². The summed E-state index contributed by atoms with van der Waals surface area (Å²) in [4.78, 5) is 93.3. The number of alkyl halides is 4. The largest absolute Gasteiger partial charge is 0.471 e. The van der Waals surface area contributed by atoms with Crippen molar-refractivity contribution in [3.05, 3.63) is 137 Å². The van der Waals surface area contributed by atoms with Gasteiger partial charge in [0.15, 0.2) is 29.1 Å². The van der Waals surface area contributed by atoms with Gasteiger partial charge in [-0.15, -0.1) is 0 Å². The highest BCUT2D eigenvalue weighted by Gasteiger charge is 2.29. The molecule has 2 N–H and O–H groups in total. The number of imidazole rings is 2. The van der Waals surface area contributed by atoms with Crippen molar-refractivity contribution in [1.29, 1.82) is 0 Å². The molecule has 0 saturated heterocycles. The van der Waals surface area contributed by atoms with Gasteiger partial charge in [0, 0.05) is 63.5 Å². The first-order valence-electron chi connectivity index (χ1n) is 27.9. The maximum Gasteiger partial charge on any atom is 0.471 e. The predicted molar refractivity (Wildman–Crippen MR) is 303 cm³/mol. The molecule has 85 heavy (non-hydrogen) atoms. The number of phosphoric ester groups is 1. The van der Waals surface area contributed by atoms with Crippen molar-refractivity contribution >= 4 is 36.1 Å². The van der Waals surface area contributed by atoms with Crippen LogP contribution in [0.15, 0.2) is 92.5 Å². The first-order chi connectivity index (χ1) is 40.3. The number of aryl methyl sites for hydroxylation is 2. The monoisotopic (exact) mass is 1210 g/mol. The van der Waals surface area contributed by atoms with E-state index >= 15 is 0 Å². The summed E-state index contributed by atoms with van der Waals surface area (Å²) in [6, 6.07) is 12.1. The van der Waals surface area contributed by atoms with Crippen LogP contribution in [-0.4, -0.2) is 85.8 Å². The summed E-state index contributed by atoms with van der Waals surface area (Å²) in [5.74, 6) is -5.90. The summed E-state index contributed by atoms with van der Waals surface area (Å²) >= 11 is 0. The highest BCUT2D eigenvalue weighted by Crippen LogP contribution is 2.36. The Kier molecular flexibility index (Phi) is 20.0. The average Bonchev–Trinajstić information content (AvgIpc) is 1.84. The normalized spacial score (nSPS) is 13.8. The van der Waals surface area contributed by atoms with E-state index in [-0.39, 0.29) is 97.2 Å². The zero-order chi connectivity index (χ0) is 61.5. The highest BCUT2D eigenvalue weighted by molar-refractivity contribution is 7.46. The lowest BCUT2D eigenvalue weighted by atomic mass is 9.89. The predicted octanol–water partition coefficient (Wildman–Crippen LogP) is 8.11. The number of carbonyl (C=O) groups excluding carboxylic acids is 1. The van der Waals surface area contributed by atoms with Gasteiger partial charge in [0.1, 0.15) is 25.1 Å². The lowest BCUT2D eigenvalue weighted by Crippen LogP contribution is -2.40. The van der Waals surface area contributed by atoms with Crippen molar-refractivity contribution < 1.29 is 55.4 Å². The number of hydrogen-bond donors (Lipinski definition) is 2.